The van der Waals surface area contributed by atoms with Crippen LogP contribution in [-0.4, -0.2) is 46.4 Å². The van der Waals surface area contributed by atoms with E-state index in [4.69, 9.17) is 9.47 Å². The maximum Gasteiger partial charge on any atom is 0.191 e. The van der Waals surface area contributed by atoms with Crippen LogP contribution in [0, 0.1) is 12.8 Å². The lowest BCUT2D eigenvalue weighted by Crippen LogP contribution is -2.48. The number of hydrogen-bond acceptors (Lipinski definition) is 4. The number of ether oxygens (including phenoxy) is 2. The molecule has 1 atom stereocenters. The number of nitrogens with zero attached hydrogens (tertiary/aromatic N) is 1. The van der Waals surface area contributed by atoms with E-state index in [0.717, 1.165) is 57.3 Å². The molecule has 1 aromatic carbocycles. The van der Waals surface area contributed by atoms with Crippen molar-refractivity contribution in [1.82, 2.24) is 10.6 Å². The number of hydrogen-bond donors (Lipinski definition) is 2. The Bertz CT molecular complexity index is 814. The topological polar surface area (TPSA) is 54.9 Å². The van der Waals surface area contributed by atoms with Gasteiger partial charge < -0.3 is 20.1 Å². The zero-order chi connectivity index (χ0) is 21.4. The minimum absolute atomic E-state index is 0.0319. The Kier molecular flexibility index (Phi) is 8.16. The number of thiophene rings is 1. The molecule has 1 aliphatic heterocycles. The van der Waals surface area contributed by atoms with Crippen molar-refractivity contribution in [1.29, 1.82) is 0 Å². The van der Waals surface area contributed by atoms with Crippen LogP contribution in [0.15, 0.2) is 40.7 Å². The van der Waals surface area contributed by atoms with E-state index in [9.17, 15) is 0 Å². The second-order valence-electron chi connectivity index (χ2n) is 8.29. The fraction of sp³-hybridized carbons (Fsp3) is 0.542. The predicted molar refractivity (Wildman–Crippen MR) is 126 cm³/mol. The van der Waals surface area contributed by atoms with Gasteiger partial charge in [0.15, 0.2) is 5.96 Å². The summed E-state index contributed by atoms with van der Waals surface area (Å²) in [7, 11) is 3.59. The summed E-state index contributed by atoms with van der Waals surface area (Å²) in [6, 6.07) is 10.8. The van der Waals surface area contributed by atoms with Gasteiger partial charge in [-0.25, -0.2) is 0 Å². The van der Waals surface area contributed by atoms with Gasteiger partial charge in [-0.15, -0.1) is 11.3 Å². The Morgan fingerprint density at radius 3 is 2.73 bits per heavy atom. The molecule has 1 aliphatic rings. The molecule has 1 unspecified atom stereocenters. The third kappa shape index (κ3) is 5.76. The molecule has 164 valence electrons. The molecule has 1 aromatic heterocycles. The lowest BCUT2D eigenvalue weighted by atomic mass is 9.73. The monoisotopic (exact) mass is 429 g/mol. The van der Waals surface area contributed by atoms with Gasteiger partial charge in [-0.3, -0.25) is 4.99 Å². The fourth-order valence-electron chi connectivity index (χ4n) is 4.13. The van der Waals surface area contributed by atoms with Gasteiger partial charge in [0.05, 0.1) is 7.11 Å². The van der Waals surface area contributed by atoms with Gasteiger partial charge in [0.2, 0.25) is 0 Å². The summed E-state index contributed by atoms with van der Waals surface area (Å²) in [5.74, 6) is 2.35. The van der Waals surface area contributed by atoms with E-state index >= 15 is 0 Å². The first kappa shape index (κ1) is 22.6. The average molecular weight is 430 g/mol. The summed E-state index contributed by atoms with van der Waals surface area (Å²) in [6.45, 7) is 7.64. The van der Waals surface area contributed by atoms with Crippen molar-refractivity contribution in [2.75, 3.05) is 40.5 Å². The summed E-state index contributed by atoms with van der Waals surface area (Å²) in [6.07, 6.45) is 3.01. The number of benzene rings is 1. The van der Waals surface area contributed by atoms with E-state index in [-0.39, 0.29) is 5.41 Å². The number of rotatable bonds is 8. The Balaban J connectivity index is 1.65. The molecule has 0 saturated carbocycles. The lowest BCUT2D eigenvalue weighted by molar-refractivity contribution is 0.0505. The Morgan fingerprint density at radius 1 is 1.27 bits per heavy atom. The van der Waals surface area contributed by atoms with Crippen LogP contribution in [0.1, 0.15) is 35.8 Å². The lowest BCUT2D eigenvalue weighted by Gasteiger charge is -2.39. The van der Waals surface area contributed by atoms with Crippen LogP contribution < -0.4 is 15.4 Å². The minimum Gasteiger partial charge on any atom is -0.496 e. The molecule has 0 bridgehead atoms. The molecule has 3 rings (SSSR count). The van der Waals surface area contributed by atoms with E-state index in [2.05, 4.69) is 65.2 Å². The van der Waals surface area contributed by atoms with E-state index < -0.39 is 0 Å². The molecule has 0 radical (unpaired) electrons. The normalized spacial score (nSPS) is 17.4. The standard InChI is InChI=1S/C24H35N3O2S/c1-18-7-8-22(28-4)21(15-18)24(9-11-29-12-10-24)17-27-23(25-3)26-16-19(2)14-20-6-5-13-30-20/h5-8,13,15,19H,9-12,14,16-17H2,1-4H3,(H2,25,26,27). The fourth-order valence-corrected chi connectivity index (χ4v) is 5.00. The largest absolute Gasteiger partial charge is 0.496 e. The summed E-state index contributed by atoms with van der Waals surface area (Å²) in [5.41, 5.74) is 2.49. The van der Waals surface area contributed by atoms with Crippen molar-refractivity contribution >= 4 is 17.3 Å². The van der Waals surface area contributed by atoms with Crippen molar-refractivity contribution < 1.29 is 9.47 Å². The maximum atomic E-state index is 5.73. The summed E-state index contributed by atoms with van der Waals surface area (Å²) < 4.78 is 11.4. The zero-order valence-corrected chi connectivity index (χ0v) is 19.5. The Labute approximate surface area is 184 Å². The summed E-state index contributed by atoms with van der Waals surface area (Å²) >= 11 is 1.82. The zero-order valence-electron chi connectivity index (χ0n) is 18.7. The molecule has 2 aromatic rings. The Morgan fingerprint density at radius 2 is 2.07 bits per heavy atom. The molecule has 5 nitrogen and oxygen atoms in total. The van der Waals surface area contributed by atoms with Gasteiger partial charge in [-0.05, 0) is 49.6 Å². The second-order valence-corrected chi connectivity index (χ2v) is 9.32. The molecular weight excluding hydrogens is 394 g/mol. The third-order valence-electron chi connectivity index (χ3n) is 5.94. The number of aryl methyl sites for hydroxylation is 1. The van der Waals surface area contributed by atoms with Crippen molar-refractivity contribution in [2.45, 2.75) is 38.5 Å². The van der Waals surface area contributed by atoms with Crippen LogP contribution in [0.25, 0.3) is 0 Å². The number of aliphatic imine (C=N–C) groups is 1. The molecular formula is C24H35N3O2S. The molecule has 6 heteroatoms. The van der Waals surface area contributed by atoms with Crippen LogP contribution in [0.4, 0.5) is 0 Å². The molecule has 0 amide bonds. The van der Waals surface area contributed by atoms with Gasteiger partial charge in [-0.2, -0.15) is 0 Å². The van der Waals surface area contributed by atoms with Crippen LogP contribution in [0.5, 0.6) is 5.75 Å². The third-order valence-corrected chi connectivity index (χ3v) is 6.84. The average Bonchev–Trinajstić information content (AvgIpc) is 3.27. The smallest absolute Gasteiger partial charge is 0.191 e. The molecule has 0 spiro atoms. The number of nitrogens with one attached hydrogen (secondary N) is 2. The highest BCUT2D eigenvalue weighted by molar-refractivity contribution is 7.09. The summed E-state index contributed by atoms with van der Waals surface area (Å²) in [4.78, 5) is 5.89. The van der Waals surface area contributed by atoms with E-state index in [1.54, 1.807) is 7.11 Å². The van der Waals surface area contributed by atoms with Gasteiger partial charge in [0, 0.05) is 49.2 Å². The van der Waals surface area contributed by atoms with Crippen LogP contribution in [0.2, 0.25) is 0 Å². The minimum atomic E-state index is -0.0319. The highest BCUT2D eigenvalue weighted by Gasteiger charge is 2.37. The number of methoxy groups -OCH3 is 1. The van der Waals surface area contributed by atoms with Crippen LogP contribution in [-0.2, 0) is 16.6 Å². The van der Waals surface area contributed by atoms with Crippen LogP contribution in [0.3, 0.4) is 0 Å². The molecule has 0 aliphatic carbocycles. The molecule has 30 heavy (non-hydrogen) atoms. The first-order valence-corrected chi connectivity index (χ1v) is 11.6. The predicted octanol–water partition coefficient (Wildman–Crippen LogP) is 4.16. The quantitative estimate of drug-likeness (QED) is 0.489. The van der Waals surface area contributed by atoms with Crippen molar-refractivity contribution in [3.63, 3.8) is 0 Å². The SMILES string of the molecule is CN=C(NCC(C)Cc1cccs1)NCC1(c2cc(C)ccc2OC)CCOCC1. The highest BCUT2D eigenvalue weighted by Crippen LogP contribution is 2.40. The van der Waals surface area contributed by atoms with Gasteiger partial charge in [-0.1, -0.05) is 30.7 Å². The summed E-state index contributed by atoms with van der Waals surface area (Å²) in [5, 5.41) is 9.25. The Hall–Kier alpha value is -2.05. The molecule has 2 N–H and O–H groups in total. The number of guanidine groups is 1. The van der Waals surface area contributed by atoms with Gasteiger partial charge >= 0.3 is 0 Å². The first-order valence-electron chi connectivity index (χ1n) is 10.8. The molecule has 1 fully saturated rings. The van der Waals surface area contributed by atoms with Crippen molar-refractivity contribution in [3.05, 3.63) is 51.7 Å². The van der Waals surface area contributed by atoms with E-state index in [1.165, 1.54) is 16.0 Å². The van der Waals surface area contributed by atoms with Crippen molar-refractivity contribution in [2.24, 2.45) is 10.9 Å². The van der Waals surface area contributed by atoms with E-state index in [0.29, 0.717) is 5.92 Å². The second kappa shape index (κ2) is 10.8. The van der Waals surface area contributed by atoms with Crippen molar-refractivity contribution in [3.8, 4) is 5.75 Å². The molecule has 1 saturated heterocycles. The van der Waals surface area contributed by atoms with E-state index in [1.807, 2.05) is 18.4 Å². The first-order chi connectivity index (χ1) is 14.6. The van der Waals surface area contributed by atoms with Crippen LogP contribution >= 0.6 is 11.3 Å². The molecule has 2 heterocycles. The van der Waals surface area contributed by atoms with Gasteiger partial charge in [0.25, 0.3) is 0 Å². The van der Waals surface area contributed by atoms with Gasteiger partial charge in [0.1, 0.15) is 5.75 Å². The highest BCUT2D eigenvalue weighted by atomic mass is 32.1. The maximum absolute atomic E-state index is 5.73.